The van der Waals surface area contributed by atoms with Crippen molar-refractivity contribution in [3.63, 3.8) is 0 Å². The number of nitrogens with zero attached hydrogens (tertiary/aromatic N) is 4. The summed E-state index contributed by atoms with van der Waals surface area (Å²) in [6, 6.07) is 7.79. The second-order valence-electron chi connectivity index (χ2n) is 4.83. The van der Waals surface area contributed by atoms with Crippen molar-refractivity contribution in [1.29, 1.82) is 0 Å². The summed E-state index contributed by atoms with van der Waals surface area (Å²) in [4.78, 5) is 0. The van der Waals surface area contributed by atoms with Gasteiger partial charge in [-0.1, -0.05) is 64.1 Å². The van der Waals surface area contributed by atoms with E-state index in [1.807, 2.05) is 24.3 Å². The van der Waals surface area contributed by atoms with Gasteiger partial charge >= 0.3 is 0 Å². The molecule has 0 radical (unpaired) electrons. The van der Waals surface area contributed by atoms with Crippen LogP contribution in [0.3, 0.4) is 0 Å². The summed E-state index contributed by atoms with van der Waals surface area (Å²) in [5.41, 5.74) is 0.910. The first kappa shape index (κ1) is 17.9. The minimum absolute atomic E-state index is 0.533. The third kappa shape index (κ3) is 5.05. The first-order chi connectivity index (χ1) is 11.7. The van der Waals surface area contributed by atoms with Gasteiger partial charge in [0.1, 0.15) is 0 Å². The minimum Gasteiger partial charge on any atom is -0.420 e. The van der Waals surface area contributed by atoms with E-state index in [1.54, 1.807) is 34.9 Å². The molecule has 3 aromatic rings. The van der Waals surface area contributed by atoms with Crippen LogP contribution < -0.4 is 0 Å². The molecule has 0 bridgehead atoms. The Morgan fingerprint density at radius 3 is 2.54 bits per heavy atom. The summed E-state index contributed by atoms with van der Waals surface area (Å²) in [5.74, 6) is 2.81. The number of benzene rings is 1. The van der Waals surface area contributed by atoms with Crippen LogP contribution in [0.5, 0.6) is 0 Å². The molecule has 0 saturated heterocycles. The summed E-state index contributed by atoms with van der Waals surface area (Å²) in [7, 11) is 0. The van der Waals surface area contributed by atoms with Crippen LogP contribution >= 0.6 is 50.8 Å². The highest BCUT2D eigenvalue weighted by atomic mass is 79.9. The molecule has 0 unspecified atom stereocenters. The van der Waals surface area contributed by atoms with Gasteiger partial charge in [0.15, 0.2) is 8.68 Å². The van der Waals surface area contributed by atoms with E-state index in [4.69, 9.17) is 4.42 Å². The lowest BCUT2D eigenvalue weighted by molar-refractivity contribution is 0.528. The molecule has 24 heavy (non-hydrogen) atoms. The van der Waals surface area contributed by atoms with E-state index in [0.717, 1.165) is 24.5 Å². The highest BCUT2D eigenvalue weighted by molar-refractivity contribution is 9.10. The smallest absolute Gasteiger partial charge is 0.247 e. The molecule has 9 heteroatoms. The monoisotopic (exact) mass is 442 g/mol. The van der Waals surface area contributed by atoms with E-state index >= 15 is 0 Å². The van der Waals surface area contributed by atoms with Gasteiger partial charge in [-0.05, 0) is 30.7 Å². The Labute approximate surface area is 161 Å². The average Bonchev–Trinajstić information content (AvgIpc) is 3.23. The molecule has 0 aliphatic heterocycles. The molecule has 3 rings (SSSR count). The minimum atomic E-state index is 0.533. The lowest BCUT2D eigenvalue weighted by Gasteiger charge is -1.94. The van der Waals surface area contributed by atoms with Crippen LogP contribution in [0.1, 0.15) is 25.7 Å². The Kier molecular flexibility index (Phi) is 6.70. The Bertz CT molecular complexity index is 775. The first-order valence-electron chi connectivity index (χ1n) is 7.42. The Balaban J connectivity index is 1.54. The van der Waals surface area contributed by atoms with Crippen LogP contribution in [0.4, 0.5) is 0 Å². The SMILES string of the molecule is CCCCSc1nnc(SCc2nnc(-c3ccc(Br)cc3)o2)s1. The highest BCUT2D eigenvalue weighted by Gasteiger charge is 2.11. The number of rotatable bonds is 8. The normalized spacial score (nSPS) is 11.1. The number of unbranched alkanes of at least 4 members (excludes halogenated alkanes) is 1. The van der Waals surface area contributed by atoms with Crippen molar-refractivity contribution in [1.82, 2.24) is 20.4 Å². The molecular formula is C15H15BrN4OS3. The fourth-order valence-electron chi connectivity index (χ4n) is 1.76. The largest absolute Gasteiger partial charge is 0.420 e. The number of halogens is 1. The summed E-state index contributed by atoms with van der Waals surface area (Å²) in [6.45, 7) is 2.19. The van der Waals surface area contributed by atoms with Crippen LogP contribution in [0.2, 0.25) is 0 Å². The second-order valence-corrected chi connectivity index (χ2v) is 9.29. The molecule has 2 aromatic heterocycles. The summed E-state index contributed by atoms with van der Waals surface area (Å²) in [5, 5.41) is 16.6. The quantitative estimate of drug-likeness (QED) is 0.335. The molecule has 0 atom stereocenters. The summed E-state index contributed by atoms with van der Waals surface area (Å²) >= 11 is 8.37. The van der Waals surface area contributed by atoms with Crippen molar-refractivity contribution in [2.45, 2.75) is 34.2 Å². The van der Waals surface area contributed by atoms with Gasteiger partial charge < -0.3 is 4.42 Å². The fraction of sp³-hybridized carbons (Fsp3) is 0.333. The maximum Gasteiger partial charge on any atom is 0.247 e. The average molecular weight is 443 g/mol. The van der Waals surface area contributed by atoms with Gasteiger partial charge in [-0.15, -0.1) is 20.4 Å². The van der Waals surface area contributed by atoms with E-state index in [9.17, 15) is 0 Å². The third-order valence-corrected chi connectivity index (χ3v) is 6.78. The van der Waals surface area contributed by atoms with Crippen LogP contribution in [0.25, 0.3) is 11.5 Å². The number of hydrogen-bond acceptors (Lipinski definition) is 8. The molecule has 0 aliphatic carbocycles. The first-order valence-corrected chi connectivity index (χ1v) is 11.0. The molecule has 0 spiro atoms. The predicted molar refractivity (Wildman–Crippen MR) is 103 cm³/mol. The lowest BCUT2D eigenvalue weighted by Crippen LogP contribution is -1.80. The lowest BCUT2D eigenvalue weighted by atomic mass is 10.2. The van der Waals surface area contributed by atoms with Crippen LogP contribution in [-0.4, -0.2) is 26.1 Å². The fourth-order valence-corrected chi connectivity index (χ4v) is 5.04. The Hall–Kier alpha value is -0.900. The van der Waals surface area contributed by atoms with Crippen molar-refractivity contribution in [2.24, 2.45) is 0 Å². The van der Waals surface area contributed by atoms with Crippen molar-refractivity contribution in [3.05, 3.63) is 34.6 Å². The van der Waals surface area contributed by atoms with Gasteiger partial charge in [0.25, 0.3) is 0 Å². The molecule has 1 aromatic carbocycles. The zero-order valence-corrected chi connectivity index (χ0v) is 17.0. The van der Waals surface area contributed by atoms with E-state index < -0.39 is 0 Å². The molecular weight excluding hydrogens is 428 g/mol. The number of thioether (sulfide) groups is 2. The molecule has 0 fully saturated rings. The van der Waals surface area contributed by atoms with Crippen molar-refractivity contribution in [3.8, 4) is 11.5 Å². The molecule has 126 valence electrons. The van der Waals surface area contributed by atoms with E-state index in [2.05, 4.69) is 43.2 Å². The van der Waals surface area contributed by atoms with Crippen molar-refractivity contribution >= 4 is 50.8 Å². The van der Waals surface area contributed by atoms with Crippen LogP contribution in [-0.2, 0) is 5.75 Å². The van der Waals surface area contributed by atoms with E-state index in [-0.39, 0.29) is 0 Å². The van der Waals surface area contributed by atoms with Crippen LogP contribution in [0.15, 0.2) is 41.8 Å². The van der Waals surface area contributed by atoms with E-state index in [0.29, 0.717) is 17.5 Å². The van der Waals surface area contributed by atoms with Gasteiger partial charge in [-0.3, -0.25) is 0 Å². The maximum absolute atomic E-state index is 5.71. The molecule has 0 amide bonds. The van der Waals surface area contributed by atoms with Crippen LogP contribution in [0, 0.1) is 0 Å². The Morgan fingerprint density at radius 1 is 1.04 bits per heavy atom. The Morgan fingerprint density at radius 2 is 1.79 bits per heavy atom. The van der Waals surface area contributed by atoms with Gasteiger partial charge in [0, 0.05) is 15.8 Å². The summed E-state index contributed by atoms with van der Waals surface area (Å²) in [6.07, 6.45) is 2.40. The standard InChI is InChI=1S/C15H15BrN4OS3/c1-2-3-8-22-14-19-20-15(24-14)23-9-12-17-18-13(21-12)10-4-6-11(16)7-5-10/h4-7H,2-3,8-9H2,1H3. The molecule has 0 aliphatic rings. The zero-order chi connectivity index (χ0) is 16.8. The third-order valence-electron chi connectivity index (χ3n) is 2.99. The van der Waals surface area contributed by atoms with Gasteiger partial charge in [-0.25, -0.2) is 0 Å². The zero-order valence-electron chi connectivity index (χ0n) is 12.9. The highest BCUT2D eigenvalue weighted by Crippen LogP contribution is 2.31. The van der Waals surface area contributed by atoms with E-state index in [1.165, 1.54) is 12.8 Å². The second kappa shape index (κ2) is 8.98. The number of aromatic nitrogens is 4. The van der Waals surface area contributed by atoms with Gasteiger partial charge in [0.05, 0.1) is 5.75 Å². The summed E-state index contributed by atoms with van der Waals surface area (Å²) < 4.78 is 8.68. The maximum atomic E-state index is 5.71. The molecule has 0 saturated carbocycles. The predicted octanol–water partition coefficient (Wildman–Crippen LogP) is 5.54. The molecule has 0 N–H and O–H groups in total. The number of hydrogen-bond donors (Lipinski definition) is 0. The van der Waals surface area contributed by atoms with Gasteiger partial charge in [0.2, 0.25) is 11.8 Å². The van der Waals surface area contributed by atoms with Crippen molar-refractivity contribution < 1.29 is 4.42 Å². The molecule has 5 nitrogen and oxygen atoms in total. The molecule has 2 heterocycles. The van der Waals surface area contributed by atoms with Crippen molar-refractivity contribution in [2.75, 3.05) is 5.75 Å². The topological polar surface area (TPSA) is 64.7 Å². The van der Waals surface area contributed by atoms with Gasteiger partial charge in [-0.2, -0.15) is 0 Å².